The maximum atomic E-state index is 11.7. The van der Waals surface area contributed by atoms with Crippen molar-refractivity contribution >= 4 is 51.9 Å². The van der Waals surface area contributed by atoms with Gasteiger partial charge >= 0.3 is 207 Å². The van der Waals surface area contributed by atoms with Crippen LogP contribution < -0.4 is 207 Å². The molecular formula is C14H7Cs3O9S3. The van der Waals surface area contributed by atoms with Gasteiger partial charge in [-0.3, -0.25) is 0 Å². The number of hydrogen-bond donors (Lipinski definition) is 0. The second-order valence-corrected chi connectivity index (χ2v) is 9.30. The third kappa shape index (κ3) is 7.77. The molecular weight excluding hydrogens is 807 g/mol. The first kappa shape index (κ1) is 33.1. The van der Waals surface area contributed by atoms with Gasteiger partial charge in [-0.25, -0.2) is 25.3 Å². The summed E-state index contributed by atoms with van der Waals surface area (Å²) in [5, 5.41) is 0.235. The van der Waals surface area contributed by atoms with Gasteiger partial charge in [0, 0.05) is 5.39 Å². The monoisotopic (exact) mass is 814 g/mol. The van der Waals surface area contributed by atoms with Gasteiger partial charge in [0.25, 0.3) is 0 Å². The molecule has 0 aliphatic rings. The van der Waals surface area contributed by atoms with Crippen LogP contribution in [0.2, 0.25) is 0 Å². The van der Waals surface area contributed by atoms with Crippen molar-refractivity contribution in [3.05, 3.63) is 42.5 Å². The van der Waals surface area contributed by atoms with Gasteiger partial charge in [-0.15, -0.1) is 0 Å². The number of rotatable bonds is 3. The quantitative estimate of drug-likeness (QED) is 0.184. The average Bonchev–Trinajstić information content (AvgIpc) is 2.48. The van der Waals surface area contributed by atoms with Gasteiger partial charge in [0.05, 0.1) is 14.7 Å². The Balaban J connectivity index is 0.00000261. The molecule has 0 unspecified atom stereocenters. The molecule has 0 aliphatic heterocycles. The summed E-state index contributed by atoms with van der Waals surface area (Å²) >= 11 is 0. The van der Waals surface area contributed by atoms with E-state index in [1.165, 1.54) is 12.1 Å². The first-order valence-corrected chi connectivity index (χ1v) is 10.9. The molecule has 0 spiro atoms. The molecule has 0 saturated heterocycles. The third-order valence-corrected chi connectivity index (χ3v) is 6.62. The summed E-state index contributed by atoms with van der Waals surface area (Å²) in [6.07, 6.45) is 0. The minimum absolute atomic E-state index is 0. The topological polar surface area (TPSA) is 172 Å². The zero-order chi connectivity index (χ0) is 19.5. The molecule has 0 fully saturated rings. The fraction of sp³-hybridized carbons (Fsp3) is 0. The van der Waals surface area contributed by atoms with Gasteiger partial charge in [0.15, 0.2) is 0 Å². The van der Waals surface area contributed by atoms with Crippen molar-refractivity contribution in [3.63, 3.8) is 0 Å². The molecule has 0 heterocycles. The van der Waals surface area contributed by atoms with E-state index in [1.54, 1.807) is 18.2 Å². The Morgan fingerprint density at radius 1 is 0.552 bits per heavy atom. The van der Waals surface area contributed by atoms with Crippen LogP contribution in [0.25, 0.3) is 21.5 Å². The van der Waals surface area contributed by atoms with Gasteiger partial charge < -0.3 is 13.7 Å². The van der Waals surface area contributed by atoms with E-state index in [0.717, 1.165) is 6.07 Å². The summed E-state index contributed by atoms with van der Waals surface area (Å²) < 4.78 is 104. The molecule has 0 aromatic heterocycles. The summed E-state index contributed by atoms with van der Waals surface area (Å²) in [6, 6.07) is 9.30. The fourth-order valence-corrected chi connectivity index (χ4v) is 6.00. The number of hydrogen-bond acceptors (Lipinski definition) is 9. The molecule has 138 valence electrons. The summed E-state index contributed by atoms with van der Waals surface area (Å²) in [5.41, 5.74) is 0. The van der Waals surface area contributed by atoms with Crippen molar-refractivity contribution in [2.24, 2.45) is 0 Å². The predicted octanol–water partition coefficient (Wildman–Crippen LogP) is -8.28. The van der Waals surface area contributed by atoms with Gasteiger partial charge in [-0.1, -0.05) is 24.3 Å². The molecule has 15 heteroatoms. The molecule has 3 aromatic rings. The standard InChI is InChI=1S/C14H10O9S3.3Cs/c15-24(16,17)12-7-10-5-8-3-1-2-4-9(8)6-11(10)13(25(18,19)20)14(12)26(21,22)23;;;/h1-7H,(H,15,16,17)(H,18,19,20)(H,21,22,23);;;/q;3*+1/p-3. The molecule has 0 N–H and O–H groups in total. The van der Waals surface area contributed by atoms with Gasteiger partial charge in [0.1, 0.15) is 30.4 Å². The minimum atomic E-state index is -5.78. The predicted molar refractivity (Wildman–Crippen MR) is 85.3 cm³/mol. The van der Waals surface area contributed by atoms with Crippen molar-refractivity contribution in [2.75, 3.05) is 0 Å². The van der Waals surface area contributed by atoms with E-state index in [2.05, 4.69) is 0 Å². The Morgan fingerprint density at radius 2 is 1.00 bits per heavy atom. The van der Waals surface area contributed by atoms with Crippen LogP contribution in [0.15, 0.2) is 57.2 Å². The average molecular weight is 814 g/mol. The Bertz CT molecular complexity index is 1400. The van der Waals surface area contributed by atoms with Crippen LogP contribution in [0.5, 0.6) is 0 Å². The Labute approximate surface area is 344 Å². The maximum absolute atomic E-state index is 11.7. The first-order chi connectivity index (χ1) is 11.8. The van der Waals surface area contributed by atoms with Crippen LogP contribution in [-0.2, 0) is 30.4 Å². The second-order valence-electron chi connectivity index (χ2n) is 5.32. The second kappa shape index (κ2) is 12.3. The zero-order valence-corrected chi connectivity index (χ0v) is 36.7. The van der Waals surface area contributed by atoms with Crippen LogP contribution in [0.1, 0.15) is 0 Å². The van der Waals surface area contributed by atoms with Crippen molar-refractivity contribution in [3.8, 4) is 0 Å². The van der Waals surface area contributed by atoms with Crippen LogP contribution in [0.4, 0.5) is 0 Å². The SMILES string of the molecule is O=S(=O)([O-])c1cc2cc3ccccc3cc2c(S(=O)(=O)[O-])c1S(=O)(=O)[O-].[Cs+].[Cs+].[Cs+]. The summed E-state index contributed by atoms with van der Waals surface area (Å²) in [7, 11) is -17.0. The van der Waals surface area contributed by atoms with E-state index in [1.807, 2.05) is 0 Å². The molecule has 9 nitrogen and oxygen atoms in total. The summed E-state index contributed by atoms with van der Waals surface area (Å²) in [4.78, 5) is -4.99. The van der Waals surface area contributed by atoms with Crippen molar-refractivity contribution < 1.29 is 246 Å². The normalized spacial score (nSPS) is 12.0. The molecule has 3 aromatic carbocycles. The number of fused-ring (bicyclic) bond motifs is 2. The van der Waals surface area contributed by atoms with Crippen LogP contribution >= 0.6 is 0 Å². The van der Waals surface area contributed by atoms with Crippen molar-refractivity contribution in [1.82, 2.24) is 0 Å². The van der Waals surface area contributed by atoms with E-state index in [9.17, 15) is 38.9 Å². The summed E-state index contributed by atoms with van der Waals surface area (Å²) in [5.74, 6) is 0. The van der Waals surface area contributed by atoms with E-state index in [-0.39, 0.29) is 212 Å². The van der Waals surface area contributed by atoms with Crippen LogP contribution in [-0.4, -0.2) is 38.9 Å². The van der Waals surface area contributed by atoms with Crippen LogP contribution in [0, 0.1) is 0 Å². The van der Waals surface area contributed by atoms with E-state index in [4.69, 9.17) is 0 Å². The van der Waals surface area contributed by atoms with Gasteiger partial charge in [0.2, 0.25) is 0 Å². The van der Waals surface area contributed by atoms with Gasteiger partial charge in [-0.05, 0) is 34.4 Å². The van der Waals surface area contributed by atoms with Crippen LogP contribution in [0.3, 0.4) is 0 Å². The van der Waals surface area contributed by atoms with Gasteiger partial charge in [-0.2, -0.15) is 0 Å². The Kier molecular flexibility index (Phi) is 14.1. The molecule has 0 bridgehead atoms. The Morgan fingerprint density at radius 3 is 1.41 bits per heavy atom. The fourth-order valence-electron chi connectivity index (χ4n) is 2.69. The molecule has 29 heavy (non-hydrogen) atoms. The largest absolute Gasteiger partial charge is 1.00 e. The van der Waals surface area contributed by atoms with Crippen molar-refractivity contribution in [1.29, 1.82) is 0 Å². The molecule has 3 rings (SSSR count). The van der Waals surface area contributed by atoms with E-state index < -0.39 is 50.4 Å². The third-order valence-electron chi connectivity index (χ3n) is 3.65. The molecule has 0 saturated carbocycles. The maximum Gasteiger partial charge on any atom is 1.00 e. The number of benzene rings is 3. The molecule has 0 radical (unpaired) electrons. The molecule has 0 amide bonds. The minimum Gasteiger partial charge on any atom is -0.744 e. The van der Waals surface area contributed by atoms with E-state index in [0.29, 0.717) is 16.8 Å². The summed E-state index contributed by atoms with van der Waals surface area (Å²) in [6.45, 7) is 0. The molecule has 0 atom stereocenters. The molecule has 0 aliphatic carbocycles. The van der Waals surface area contributed by atoms with E-state index >= 15 is 0 Å². The zero-order valence-electron chi connectivity index (χ0n) is 15.4. The smallest absolute Gasteiger partial charge is 0.744 e. The van der Waals surface area contributed by atoms with Crippen molar-refractivity contribution in [2.45, 2.75) is 14.7 Å². The first-order valence-electron chi connectivity index (χ1n) is 6.67. The Hall–Kier alpha value is 4.07.